The van der Waals surface area contributed by atoms with Gasteiger partial charge in [-0.1, -0.05) is 18.1 Å². The molecule has 3 N–H and O–H groups in total. The van der Waals surface area contributed by atoms with E-state index in [1.807, 2.05) is 20.8 Å². The number of carbonyl (C=O) groups excluding carboxylic acids is 2. The minimum Gasteiger partial charge on any atom is -0.485 e. The summed E-state index contributed by atoms with van der Waals surface area (Å²) >= 11 is 0. The van der Waals surface area contributed by atoms with Crippen LogP contribution in [-0.4, -0.2) is 85.4 Å². The third kappa shape index (κ3) is 6.21. The Morgan fingerprint density at radius 3 is 2.55 bits per heavy atom. The van der Waals surface area contributed by atoms with E-state index in [0.29, 0.717) is 0 Å². The highest BCUT2D eigenvalue weighted by molar-refractivity contribution is 7.92. The summed E-state index contributed by atoms with van der Waals surface area (Å²) in [5, 5.41) is 16.4. The number of urea groups is 1. The molecule has 3 rings (SSSR count). The molecule has 2 heterocycles. The molecule has 3 atom stereocenters. The number of sulfonamides is 1. The third-order valence-electron chi connectivity index (χ3n) is 6.38. The molecule has 38 heavy (non-hydrogen) atoms. The van der Waals surface area contributed by atoms with Crippen LogP contribution in [0, 0.1) is 19.8 Å². The van der Waals surface area contributed by atoms with Crippen LogP contribution in [0.5, 0.6) is 5.75 Å². The fraction of sp³-hybridized carbons (Fsp3) is 0.560. The molecule has 0 bridgehead atoms. The molecule has 3 amide bonds. The highest BCUT2D eigenvalue weighted by Gasteiger charge is 2.36. The molecule has 1 aliphatic heterocycles. The molecule has 0 aliphatic carbocycles. The van der Waals surface area contributed by atoms with E-state index in [9.17, 15) is 23.1 Å². The number of amides is 3. The van der Waals surface area contributed by atoms with Crippen molar-refractivity contribution in [1.82, 2.24) is 20.3 Å². The van der Waals surface area contributed by atoms with Crippen molar-refractivity contribution in [2.75, 3.05) is 31.5 Å². The van der Waals surface area contributed by atoms with Gasteiger partial charge in [0.25, 0.3) is 15.9 Å². The predicted octanol–water partition coefficient (Wildman–Crippen LogP) is 2.36. The summed E-state index contributed by atoms with van der Waals surface area (Å²) in [6.07, 6.45) is -0.608. The molecule has 0 spiro atoms. The highest BCUT2D eigenvalue weighted by atomic mass is 32.2. The molecule has 0 saturated heterocycles. The lowest BCUT2D eigenvalue weighted by Gasteiger charge is -2.38. The third-order valence-corrected chi connectivity index (χ3v) is 7.99. The number of aromatic nitrogens is 1. The maximum Gasteiger partial charge on any atom is 0.317 e. The second kappa shape index (κ2) is 11.6. The lowest BCUT2D eigenvalue weighted by atomic mass is 9.99. The zero-order valence-corrected chi connectivity index (χ0v) is 23.6. The van der Waals surface area contributed by atoms with Gasteiger partial charge in [-0.3, -0.25) is 9.52 Å². The number of likely N-dealkylation sites (N-methyl/N-ethyl adjacent to an activating group) is 1. The Labute approximate surface area is 223 Å². The first-order chi connectivity index (χ1) is 17.8. The van der Waals surface area contributed by atoms with Crippen molar-refractivity contribution in [3.63, 3.8) is 0 Å². The van der Waals surface area contributed by atoms with Crippen molar-refractivity contribution in [1.29, 1.82) is 0 Å². The number of para-hydroxylation sites is 1. The molecular weight excluding hydrogens is 514 g/mol. The van der Waals surface area contributed by atoms with E-state index in [4.69, 9.17) is 9.26 Å². The zero-order chi connectivity index (χ0) is 28.4. The van der Waals surface area contributed by atoms with Gasteiger partial charge in [-0.25, -0.2) is 13.2 Å². The van der Waals surface area contributed by atoms with E-state index in [-0.39, 0.29) is 71.0 Å². The van der Waals surface area contributed by atoms with Gasteiger partial charge in [0.1, 0.15) is 11.8 Å². The van der Waals surface area contributed by atoms with Gasteiger partial charge in [0.05, 0.1) is 30.4 Å². The average molecular weight is 552 g/mol. The highest BCUT2D eigenvalue weighted by Crippen LogP contribution is 2.36. The van der Waals surface area contributed by atoms with Crippen LogP contribution in [0.3, 0.4) is 0 Å². The van der Waals surface area contributed by atoms with Gasteiger partial charge in [0.2, 0.25) is 0 Å². The summed E-state index contributed by atoms with van der Waals surface area (Å²) in [5.41, 5.74) is 0.384. The van der Waals surface area contributed by atoms with Gasteiger partial charge in [0, 0.05) is 25.6 Å². The quantitative estimate of drug-likeness (QED) is 0.452. The number of nitrogens with zero attached hydrogens (tertiary/aromatic N) is 3. The zero-order valence-electron chi connectivity index (χ0n) is 22.8. The number of anilines is 1. The van der Waals surface area contributed by atoms with Crippen molar-refractivity contribution in [2.24, 2.45) is 5.92 Å². The van der Waals surface area contributed by atoms with Crippen molar-refractivity contribution in [3.05, 3.63) is 35.2 Å². The Bertz CT molecular complexity index is 1260. The minimum atomic E-state index is -4.14. The van der Waals surface area contributed by atoms with Gasteiger partial charge < -0.3 is 29.5 Å². The number of rotatable bonds is 8. The number of aliphatic hydroxyl groups excluding tert-OH is 1. The Morgan fingerprint density at radius 1 is 1.29 bits per heavy atom. The second-order valence-corrected chi connectivity index (χ2v) is 11.7. The number of fused-ring (bicyclic) bond motifs is 1. The molecule has 1 aromatic heterocycles. The van der Waals surface area contributed by atoms with Crippen LogP contribution < -0.4 is 14.8 Å². The number of aryl methyl sites for hydroxylation is 2. The first kappa shape index (κ1) is 29.2. The minimum absolute atomic E-state index is 0.0391. The molecule has 12 nitrogen and oxygen atoms in total. The van der Waals surface area contributed by atoms with E-state index in [0.717, 1.165) is 0 Å². The summed E-state index contributed by atoms with van der Waals surface area (Å²) in [4.78, 5) is 29.1. The van der Waals surface area contributed by atoms with Crippen molar-refractivity contribution >= 4 is 27.6 Å². The van der Waals surface area contributed by atoms with Crippen LogP contribution in [0.15, 0.2) is 27.6 Å². The topological polar surface area (TPSA) is 154 Å². The number of nitrogens with one attached hydrogen (secondary N) is 2. The molecule has 1 aliphatic rings. The molecule has 0 saturated carbocycles. The Balaban J connectivity index is 2.08. The molecular formula is C25H37N5O7S. The molecule has 210 valence electrons. The van der Waals surface area contributed by atoms with E-state index in [1.54, 1.807) is 31.0 Å². The summed E-state index contributed by atoms with van der Waals surface area (Å²) in [6, 6.07) is 3.74. The molecule has 2 aromatic rings. The SMILES string of the molecule is Cc1noc(C)c1S(=O)(=O)Nc1cccc2c1O[C@H](CN(C)C(=O)NC(C)C)[C@H](C)CN([C@@H](C)CO)C2=O. The van der Waals surface area contributed by atoms with Crippen molar-refractivity contribution < 1.29 is 32.4 Å². The molecule has 0 unspecified atom stereocenters. The number of hydrogen-bond acceptors (Lipinski definition) is 8. The van der Waals surface area contributed by atoms with Gasteiger partial charge >= 0.3 is 6.03 Å². The maximum absolute atomic E-state index is 13.6. The second-order valence-electron chi connectivity index (χ2n) is 10.0. The lowest BCUT2D eigenvalue weighted by molar-refractivity contribution is 0.0369. The van der Waals surface area contributed by atoms with Gasteiger partial charge in [-0.2, -0.15) is 0 Å². The van der Waals surface area contributed by atoms with Crippen molar-refractivity contribution in [2.45, 2.75) is 64.6 Å². The monoisotopic (exact) mass is 551 g/mol. The normalized spacial score (nSPS) is 18.8. The summed E-state index contributed by atoms with van der Waals surface area (Å²) in [5.74, 6) is -0.519. The fourth-order valence-electron chi connectivity index (χ4n) is 4.31. The van der Waals surface area contributed by atoms with Crippen LogP contribution in [0.4, 0.5) is 10.5 Å². The molecule has 0 radical (unpaired) electrons. The van der Waals surface area contributed by atoms with Gasteiger partial charge in [-0.05, 0) is 46.8 Å². The van der Waals surface area contributed by atoms with Crippen LogP contribution in [0.2, 0.25) is 0 Å². The smallest absolute Gasteiger partial charge is 0.317 e. The van der Waals surface area contributed by atoms with Crippen LogP contribution in [0.25, 0.3) is 0 Å². The summed E-state index contributed by atoms with van der Waals surface area (Å²) < 4.78 is 40.5. The average Bonchev–Trinajstić information content (AvgIpc) is 3.19. The molecule has 1 aromatic carbocycles. The van der Waals surface area contributed by atoms with E-state index in [2.05, 4.69) is 15.2 Å². The lowest BCUT2D eigenvalue weighted by Crippen LogP contribution is -2.51. The van der Waals surface area contributed by atoms with E-state index >= 15 is 0 Å². The number of benzene rings is 1. The largest absolute Gasteiger partial charge is 0.485 e. The summed E-state index contributed by atoms with van der Waals surface area (Å²) in [7, 11) is -2.51. The fourth-order valence-corrected chi connectivity index (χ4v) is 5.70. The first-order valence-corrected chi connectivity index (χ1v) is 13.9. The van der Waals surface area contributed by atoms with Crippen LogP contribution >= 0.6 is 0 Å². The van der Waals surface area contributed by atoms with Crippen molar-refractivity contribution in [3.8, 4) is 5.75 Å². The van der Waals surface area contributed by atoms with Crippen LogP contribution in [-0.2, 0) is 10.0 Å². The van der Waals surface area contributed by atoms with Crippen LogP contribution in [0.1, 0.15) is 49.5 Å². The Hall–Kier alpha value is -3.32. The Kier molecular flexibility index (Phi) is 8.93. The number of aliphatic hydroxyl groups is 1. The number of carbonyl (C=O) groups is 2. The standard InChI is InChI=1S/C25H37N5O7S/c1-14(2)26-25(33)29(7)12-21-15(3)11-30(16(4)13-31)24(32)19-9-8-10-20(22(19)36-21)28-38(34,35)23-17(5)27-37-18(23)6/h8-10,14-16,21,28,31H,11-13H2,1-7H3,(H,26,33)/t15-,16+,21-/m1/s1. The van der Waals surface area contributed by atoms with Gasteiger partial charge in [-0.15, -0.1) is 0 Å². The predicted molar refractivity (Wildman–Crippen MR) is 141 cm³/mol. The maximum atomic E-state index is 13.6. The Morgan fingerprint density at radius 2 is 1.97 bits per heavy atom. The summed E-state index contributed by atoms with van der Waals surface area (Å²) in [6.45, 7) is 10.5. The molecule has 13 heteroatoms. The van der Waals surface area contributed by atoms with E-state index in [1.165, 1.54) is 24.8 Å². The first-order valence-electron chi connectivity index (χ1n) is 12.5. The molecule has 0 fully saturated rings. The number of hydrogen-bond donors (Lipinski definition) is 3. The van der Waals surface area contributed by atoms with Gasteiger partial charge in [0.15, 0.2) is 16.4 Å². The number of ether oxygens (including phenoxy) is 1. The van der Waals surface area contributed by atoms with E-state index < -0.39 is 28.1 Å².